The maximum atomic E-state index is 8.75. The van der Waals surface area contributed by atoms with E-state index in [1.807, 2.05) is 7.05 Å². The van der Waals surface area contributed by atoms with E-state index in [4.69, 9.17) is 5.26 Å². The Morgan fingerprint density at radius 2 is 2.29 bits per heavy atom. The van der Waals surface area contributed by atoms with Gasteiger partial charge in [0.05, 0.1) is 12.1 Å². The molecular formula is C11H21N3. The van der Waals surface area contributed by atoms with Gasteiger partial charge in [0.15, 0.2) is 0 Å². The van der Waals surface area contributed by atoms with Gasteiger partial charge in [-0.25, -0.2) is 0 Å². The van der Waals surface area contributed by atoms with Gasteiger partial charge >= 0.3 is 0 Å². The smallest absolute Gasteiger partial charge is 0.0962 e. The summed E-state index contributed by atoms with van der Waals surface area (Å²) < 4.78 is 0. The van der Waals surface area contributed by atoms with Gasteiger partial charge in [0.25, 0.3) is 0 Å². The third kappa shape index (κ3) is 3.65. The summed E-state index contributed by atoms with van der Waals surface area (Å²) in [6.45, 7) is 2.23. The standard InChI is InChI=1S/C11H21N3/c1-13-11(8-12)6-7-14(2)9-10-4-3-5-10/h10-11,13H,3-7,9H2,1-2H3. The zero-order valence-corrected chi connectivity index (χ0v) is 9.29. The Kier molecular flexibility index (Phi) is 4.92. The molecule has 1 saturated carbocycles. The largest absolute Gasteiger partial charge is 0.306 e. The van der Waals surface area contributed by atoms with Gasteiger partial charge in [-0.1, -0.05) is 6.42 Å². The lowest BCUT2D eigenvalue weighted by Crippen LogP contribution is -2.33. The number of rotatable bonds is 6. The van der Waals surface area contributed by atoms with Crippen molar-refractivity contribution in [3.8, 4) is 6.07 Å². The van der Waals surface area contributed by atoms with Crippen molar-refractivity contribution in [1.29, 1.82) is 5.26 Å². The highest BCUT2D eigenvalue weighted by Crippen LogP contribution is 2.26. The molecule has 0 heterocycles. The fourth-order valence-electron chi connectivity index (χ4n) is 1.83. The van der Waals surface area contributed by atoms with Crippen LogP contribution < -0.4 is 5.32 Å². The molecule has 80 valence electrons. The summed E-state index contributed by atoms with van der Waals surface area (Å²) in [6.07, 6.45) is 5.14. The molecule has 0 saturated heterocycles. The maximum absolute atomic E-state index is 8.75. The van der Waals surface area contributed by atoms with Crippen molar-refractivity contribution in [2.75, 3.05) is 27.2 Å². The van der Waals surface area contributed by atoms with E-state index >= 15 is 0 Å². The molecule has 0 radical (unpaired) electrons. The zero-order chi connectivity index (χ0) is 10.4. The van der Waals surface area contributed by atoms with Crippen molar-refractivity contribution in [1.82, 2.24) is 10.2 Å². The average Bonchev–Trinajstić information content (AvgIpc) is 2.13. The fraction of sp³-hybridized carbons (Fsp3) is 0.909. The van der Waals surface area contributed by atoms with Crippen LogP contribution in [0.1, 0.15) is 25.7 Å². The van der Waals surface area contributed by atoms with E-state index < -0.39 is 0 Å². The van der Waals surface area contributed by atoms with Crippen molar-refractivity contribution < 1.29 is 0 Å². The second kappa shape index (κ2) is 6.00. The van der Waals surface area contributed by atoms with Crippen LogP contribution in [0.4, 0.5) is 0 Å². The Morgan fingerprint density at radius 3 is 2.71 bits per heavy atom. The summed E-state index contributed by atoms with van der Waals surface area (Å²) in [6, 6.07) is 2.26. The Labute approximate surface area is 87.1 Å². The molecule has 0 amide bonds. The van der Waals surface area contributed by atoms with E-state index in [9.17, 15) is 0 Å². The van der Waals surface area contributed by atoms with Gasteiger partial charge in [0.2, 0.25) is 0 Å². The molecule has 1 fully saturated rings. The lowest BCUT2D eigenvalue weighted by molar-refractivity contribution is 0.202. The summed E-state index contributed by atoms with van der Waals surface area (Å²) in [5, 5.41) is 11.7. The lowest BCUT2D eigenvalue weighted by Gasteiger charge is -2.30. The average molecular weight is 195 g/mol. The predicted molar refractivity (Wildman–Crippen MR) is 57.9 cm³/mol. The Hall–Kier alpha value is -0.590. The van der Waals surface area contributed by atoms with Crippen LogP contribution in [-0.4, -0.2) is 38.1 Å². The van der Waals surface area contributed by atoms with Gasteiger partial charge in [-0.15, -0.1) is 0 Å². The molecular weight excluding hydrogens is 174 g/mol. The van der Waals surface area contributed by atoms with Crippen molar-refractivity contribution >= 4 is 0 Å². The molecule has 0 aromatic carbocycles. The van der Waals surface area contributed by atoms with E-state index in [1.165, 1.54) is 25.8 Å². The van der Waals surface area contributed by atoms with Gasteiger partial charge in [0, 0.05) is 13.1 Å². The van der Waals surface area contributed by atoms with Gasteiger partial charge in [-0.05, 0) is 39.3 Å². The molecule has 3 nitrogen and oxygen atoms in total. The van der Waals surface area contributed by atoms with Crippen LogP contribution >= 0.6 is 0 Å². The van der Waals surface area contributed by atoms with Crippen LogP contribution in [0.2, 0.25) is 0 Å². The van der Waals surface area contributed by atoms with Crippen LogP contribution in [0.5, 0.6) is 0 Å². The summed E-state index contributed by atoms with van der Waals surface area (Å²) in [4.78, 5) is 2.35. The molecule has 0 aliphatic heterocycles. The first kappa shape index (κ1) is 11.5. The van der Waals surface area contributed by atoms with Gasteiger partial charge in [0.1, 0.15) is 0 Å². The van der Waals surface area contributed by atoms with Crippen molar-refractivity contribution in [3.63, 3.8) is 0 Å². The third-order valence-corrected chi connectivity index (χ3v) is 3.10. The topological polar surface area (TPSA) is 39.1 Å². The van der Waals surface area contributed by atoms with Crippen LogP contribution in [0, 0.1) is 17.2 Å². The van der Waals surface area contributed by atoms with Crippen molar-refractivity contribution in [3.05, 3.63) is 0 Å². The van der Waals surface area contributed by atoms with Gasteiger partial charge < -0.3 is 10.2 Å². The van der Waals surface area contributed by atoms with E-state index in [1.54, 1.807) is 0 Å². The van der Waals surface area contributed by atoms with Crippen molar-refractivity contribution in [2.45, 2.75) is 31.7 Å². The van der Waals surface area contributed by atoms with Crippen LogP contribution in [0.25, 0.3) is 0 Å². The summed E-state index contributed by atoms with van der Waals surface area (Å²) in [7, 11) is 4.00. The molecule has 1 N–H and O–H groups in total. The minimum atomic E-state index is 0.0128. The van der Waals surface area contributed by atoms with E-state index in [2.05, 4.69) is 23.3 Å². The number of hydrogen-bond acceptors (Lipinski definition) is 3. The first-order valence-corrected chi connectivity index (χ1v) is 5.51. The Morgan fingerprint density at radius 1 is 1.57 bits per heavy atom. The maximum Gasteiger partial charge on any atom is 0.0962 e. The van der Waals surface area contributed by atoms with Crippen LogP contribution in [0.3, 0.4) is 0 Å². The van der Waals surface area contributed by atoms with Crippen LogP contribution in [0.15, 0.2) is 0 Å². The number of nitriles is 1. The molecule has 14 heavy (non-hydrogen) atoms. The Bertz CT molecular complexity index is 193. The van der Waals surface area contributed by atoms with Crippen LogP contribution in [-0.2, 0) is 0 Å². The molecule has 0 spiro atoms. The summed E-state index contributed by atoms with van der Waals surface area (Å²) in [5.74, 6) is 0.926. The highest BCUT2D eigenvalue weighted by atomic mass is 15.1. The van der Waals surface area contributed by atoms with E-state index in [0.717, 1.165) is 18.9 Å². The molecule has 1 rings (SSSR count). The SMILES string of the molecule is CNC(C#N)CCN(C)CC1CCC1. The second-order valence-corrected chi connectivity index (χ2v) is 4.32. The number of nitrogens with one attached hydrogen (secondary N) is 1. The lowest BCUT2D eigenvalue weighted by atomic mass is 9.85. The second-order valence-electron chi connectivity index (χ2n) is 4.32. The Balaban J connectivity index is 2.07. The summed E-state index contributed by atoms with van der Waals surface area (Å²) in [5.41, 5.74) is 0. The highest BCUT2D eigenvalue weighted by Gasteiger charge is 2.19. The van der Waals surface area contributed by atoms with E-state index in [-0.39, 0.29) is 6.04 Å². The first-order valence-electron chi connectivity index (χ1n) is 5.51. The molecule has 1 atom stereocenters. The first-order chi connectivity index (χ1) is 6.76. The molecule has 1 aliphatic carbocycles. The summed E-state index contributed by atoms with van der Waals surface area (Å²) >= 11 is 0. The normalized spacial score (nSPS) is 19.0. The molecule has 1 aliphatic rings. The molecule has 0 bridgehead atoms. The molecule has 0 aromatic rings. The van der Waals surface area contributed by atoms with Gasteiger partial charge in [-0.3, -0.25) is 0 Å². The van der Waals surface area contributed by atoms with E-state index in [0.29, 0.717) is 0 Å². The monoisotopic (exact) mass is 195 g/mol. The predicted octanol–water partition coefficient (Wildman–Crippen LogP) is 1.22. The minimum absolute atomic E-state index is 0.0128. The molecule has 0 aromatic heterocycles. The third-order valence-electron chi connectivity index (χ3n) is 3.10. The van der Waals surface area contributed by atoms with Gasteiger partial charge in [-0.2, -0.15) is 5.26 Å². The zero-order valence-electron chi connectivity index (χ0n) is 9.29. The molecule has 1 unspecified atom stereocenters. The fourth-order valence-corrected chi connectivity index (χ4v) is 1.83. The minimum Gasteiger partial charge on any atom is -0.306 e. The number of hydrogen-bond donors (Lipinski definition) is 1. The molecule has 3 heteroatoms. The quantitative estimate of drug-likeness (QED) is 0.692. The van der Waals surface area contributed by atoms with Crippen molar-refractivity contribution in [2.24, 2.45) is 5.92 Å². The highest BCUT2D eigenvalue weighted by molar-refractivity contribution is 4.89. The number of nitrogens with zero attached hydrogens (tertiary/aromatic N) is 2.